The Morgan fingerprint density at radius 1 is 1.29 bits per heavy atom. The van der Waals surface area contributed by atoms with Crippen LogP contribution >= 0.6 is 0 Å². The number of ether oxygens (including phenoxy) is 2. The van der Waals surface area contributed by atoms with Crippen molar-refractivity contribution in [2.24, 2.45) is 0 Å². The number of methoxy groups -OCH3 is 1. The van der Waals surface area contributed by atoms with Crippen LogP contribution in [0.25, 0.3) is 0 Å². The number of carbonyl (C=O) groups excluding carboxylic acids is 1. The zero-order valence-corrected chi connectivity index (χ0v) is 10.5. The van der Waals surface area contributed by atoms with Crippen molar-refractivity contribution in [2.75, 3.05) is 20.3 Å². The van der Waals surface area contributed by atoms with Crippen LogP contribution in [0.2, 0.25) is 0 Å². The first-order valence-electron chi connectivity index (χ1n) is 5.67. The second-order valence-corrected chi connectivity index (χ2v) is 3.94. The fourth-order valence-corrected chi connectivity index (χ4v) is 1.33. The smallest absolute Gasteiger partial charge is 0.251 e. The number of amides is 1. The molecule has 0 saturated heterocycles. The molecule has 0 aliphatic rings. The SMILES string of the molecule is COCCNC(=O)c1ccc(OC(C)C)cc1. The Morgan fingerprint density at radius 3 is 2.47 bits per heavy atom. The van der Waals surface area contributed by atoms with Crippen molar-refractivity contribution in [3.63, 3.8) is 0 Å². The normalized spacial score (nSPS) is 10.4. The summed E-state index contributed by atoms with van der Waals surface area (Å²) in [5.41, 5.74) is 0.622. The molecule has 0 aliphatic carbocycles. The van der Waals surface area contributed by atoms with Gasteiger partial charge in [0.05, 0.1) is 12.7 Å². The molecule has 4 nitrogen and oxygen atoms in total. The van der Waals surface area contributed by atoms with Crippen molar-refractivity contribution in [2.45, 2.75) is 20.0 Å². The van der Waals surface area contributed by atoms with Gasteiger partial charge in [0.2, 0.25) is 0 Å². The highest BCUT2D eigenvalue weighted by atomic mass is 16.5. The molecule has 0 saturated carbocycles. The van der Waals surface area contributed by atoms with Crippen molar-refractivity contribution in [1.29, 1.82) is 0 Å². The van der Waals surface area contributed by atoms with Crippen molar-refractivity contribution in [3.05, 3.63) is 29.8 Å². The summed E-state index contributed by atoms with van der Waals surface area (Å²) < 4.78 is 10.4. The van der Waals surface area contributed by atoms with Gasteiger partial charge in [-0.1, -0.05) is 0 Å². The number of hydrogen-bond donors (Lipinski definition) is 1. The molecule has 4 heteroatoms. The van der Waals surface area contributed by atoms with E-state index in [0.29, 0.717) is 18.7 Å². The van der Waals surface area contributed by atoms with E-state index in [1.54, 1.807) is 31.4 Å². The summed E-state index contributed by atoms with van der Waals surface area (Å²) in [6, 6.07) is 7.09. The summed E-state index contributed by atoms with van der Waals surface area (Å²) in [6.45, 7) is 4.95. The lowest BCUT2D eigenvalue weighted by molar-refractivity contribution is 0.0937. The molecule has 0 aromatic heterocycles. The Kier molecular flexibility index (Phi) is 5.49. The largest absolute Gasteiger partial charge is 0.491 e. The van der Waals surface area contributed by atoms with Crippen LogP contribution in [0.5, 0.6) is 5.75 Å². The second kappa shape index (κ2) is 6.91. The summed E-state index contributed by atoms with van der Waals surface area (Å²) in [7, 11) is 1.60. The summed E-state index contributed by atoms with van der Waals surface area (Å²) in [5.74, 6) is 0.673. The molecule has 1 aromatic rings. The standard InChI is InChI=1S/C13H19NO3/c1-10(2)17-12-6-4-11(5-7-12)13(15)14-8-9-16-3/h4-7,10H,8-9H2,1-3H3,(H,14,15). The van der Waals surface area contributed by atoms with Gasteiger partial charge in [-0.3, -0.25) is 4.79 Å². The van der Waals surface area contributed by atoms with Gasteiger partial charge in [0, 0.05) is 19.2 Å². The van der Waals surface area contributed by atoms with Crippen LogP contribution in [-0.4, -0.2) is 32.3 Å². The van der Waals surface area contributed by atoms with Crippen molar-refractivity contribution in [3.8, 4) is 5.75 Å². The Bertz CT molecular complexity index is 346. The van der Waals surface area contributed by atoms with Crippen LogP contribution in [0, 0.1) is 0 Å². The zero-order chi connectivity index (χ0) is 12.7. The highest BCUT2D eigenvalue weighted by molar-refractivity contribution is 5.94. The predicted octanol–water partition coefficient (Wildman–Crippen LogP) is 1.85. The van der Waals surface area contributed by atoms with Crippen LogP contribution in [0.3, 0.4) is 0 Å². The molecule has 0 fully saturated rings. The van der Waals surface area contributed by atoms with Crippen molar-refractivity contribution in [1.82, 2.24) is 5.32 Å². The van der Waals surface area contributed by atoms with E-state index in [1.165, 1.54) is 0 Å². The average molecular weight is 237 g/mol. The van der Waals surface area contributed by atoms with Gasteiger partial charge in [0.1, 0.15) is 5.75 Å². The van der Waals surface area contributed by atoms with Gasteiger partial charge < -0.3 is 14.8 Å². The lowest BCUT2D eigenvalue weighted by atomic mass is 10.2. The van der Waals surface area contributed by atoms with E-state index in [0.717, 1.165) is 5.75 Å². The summed E-state index contributed by atoms with van der Waals surface area (Å²) in [5, 5.41) is 2.76. The monoisotopic (exact) mass is 237 g/mol. The third-order valence-corrected chi connectivity index (χ3v) is 2.08. The van der Waals surface area contributed by atoms with E-state index < -0.39 is 0 Å². The van der Waals surface area contributed by atoms with Gasteiger partial charge in [0.25, 0.3) is 5.91 Å². The first-order valence-corrected chi connectivity index (χ1v) is 5.67. The van der Waals surface area contributed by atoms with E-state index in [9.17, 15) is 4.79 Å². The molecular formula is C13H19NO3. The molecule has 0 unspecified atom stereocenters. The van der Waals surface area contributed by atoms with Crippen LogP contribution in [0.4, 0.5) is 0 Å². The molecule has 0 aliphatic heterocycles. The number of hydrogen-bond acceptors (Lipinski definition) is 3. The fraction of sp³-hybridized carbons (Fsp3) is 0.462. The van der Waals surface area contributed by atoms with E-state index in [-0.39, 0.29) is 12.0 Å². The molecule has 17 heavy (non-hydrogen) atoms. The van der Waals surface area contributed by atoms with Gasteiger partial charge in [-0.15, -0.1) is 0 Å². The number of nitrogens with one attached hydrogen (secondary N) is 1. The minimum atomic E-state index is -0.0989. The third kappa shape index (κ3) is 4.87. The first kappa shape index (κ1) is 13.5. The fourth-order valence-electron chi connectivity index (χ4n) is 1.33. The minimum absolute atomic E-state index is 0.0989. The lowest BCUT2D eigenvalue weighted by Gasteiger charge is -2.10. The Labute approximate surface area is 102 Å². The quantitative estimate of drug-likeness (QED) is 0.768. The second-order valence-electron chi connectivity index (χ2n) is 3.94. The molecule has 0 heterocycles. The molecule has 0 radical (unpaired) electrons. The average Bonchev–Trinajstić information content (AvgIpc) is 2.29. The van der Waals surface area contributed by atoms with Crippen LogP contribution in [0.15, 0.2) is 24.3 Å². The summed E-state index contributed by atoms with van der Waals surface area (Å²) in [6.07, 6.45) is 0.136. The maximum atomic E-state index is 11.6. The minimum Gasteiger partial charge on any atom is -0.491 e. The topological polar surface area (TPSA) is 47.6 Å². The molecular weight excluding hydrogens is 218 g/mol. The maximum absolute atomic E-state index is 11.6. The van der Waals surface area contributed by atoms with Crippen molar-refractivity contribution >= 4 is 5.91 Å². The van der Waals surface area contributed by atoms with E-state index in [1.807, 2.05) is 13.8 Å². The number of carbonyl (C=O) groups is 1. The van der Waals surface area contributed by atoms with Gasteiger partial charge >= 0.3 is 0 Å². The van der Waals surface area contributed by atoms with Crippen LogP contribution in [-0.2, 0) is 4.74 Å². The van der Waals surface area contributed by atoms with Gasteiger partial charge in [-0.25, -0.2) is 0 Å². The van der Waals surface area contributed by atoms with E-state index >= 15 is 0 Å². The molecule has 0 atom stereocenters. The zero-order valence-electron chi connectivity index (χ0n) is 10.5. The van der Waals surface area contributed by atoms with Gasteiger partial charge in [-0.05, 0) is 38.1 Å². The predicted molar refractivity (Wildman–Crippen MR) is 66.4 cm³/mol. The Morgan fingerprint density at radius 2 is 1.94 bits per heavy atom. The van der Waals surface area contributed by atoms with Crippen LogP contribution in [0.1, 0.15) is 24.2 Å². The molecule has 0 bridgehead atoms. The maximum Gasteiger partial charge on any atom is 0.251 e. The highest BCUT2D eigenvalue weighted by Crippen LogP contribution is 2.13. The highest BCUT2D eigenvalue weighted by Gasteiger charge is 2.05. The first-order chi connectivity index (χ1) is 8.13. The Balaban J connectivity index is 2.52. The summed E-state index contributed by atoms with van der Waals surface area (Å²) >= 11 is 0. The molecule has 94 valence electrons. The summed E-state index contributed by atoms with van der Waals surface area (Å²) in [4.78, 5) is 11.6. The molecule has 0 spiro atoms. The molecule has 1 N–H and O–H groups in total. The third-order valence-electron chi connectivity index (χ3n) is 2.08. The molecule has 1 aromatic carbocycles. The Hall–Kier alpha value is -1.55. The van der Waals surface area contributed by atoms with Gasteiger partial charge in [-0.2, -0.15) is 0 Å². The number of rotatable bonds is 6. The van der Waals surface area contributed by atoms with E-state index in [2.05, 4.69) is 5.32 Å². The van der Waals surface area contributed by atoms with Crippen molar-refractivity contribution < 1.29 is 14.3 Å². The number of benzene rings is 1. The van der Waals surface area contributed by atoms with Crippen LogP contribution < -0.4 is 10.1 Å². The van der Waals surface area contributed by atoms with E-state index in [4.69, 9.17) is 9.47 Å². The molecule has 1 rings (SSSR count). The molecule has 1 amide bonds. The lowest BCUT2D eigenvalue weighted by Crippen LogP contribution is -2.26. The van der Waals surface area contributed by atoms with Gasteiger partial charge in [0.15, 0.2) is 0 Å².